The van der Waals surface area contributed by atoms with E-state index in [0.717, 1.165) is 41.7 Å². The quantitative estimate of drug-likeness (QED) is 0.505. The Hall–Kier alpha value is -2.35. The first-order valence-corrected chi connectivity index (χ1v) is 10.4. The molecule has 7 nitrogen and oxygen atoms in total. The Bertz CT molecular complexity index is 896. The van der Waals surface area contributed by atoms with Crippen LogP contribution < -0.4 is 4.74 Å². The van der Waals surface area contributed by atoms with Crippen molar-refractivity contribution in [3.8, 4) is 17.1 Å². The average Bonchev–Trinajstić information content (AvgIpc) is 3.31. The lowest BCUT2D eigenvalue weighted by molar-refractivity contribution is 0.378. The summed E-state index contributed by atoms with van der Waals surface area (Å²) in [5.41, 5.74) is 0.863. The SMILES string of the molecule is CCCCn1c(SCc2nnc(C(C)(C)C)o2)nnc1-c1ccc(OC)cc1. The molecule has 0 bridgehead atoms. The van der Waals surface area contributed by atoms with Gasteiger partial charge in [-0.3, -0.25) is 0 Å². The van der Waals surface area contributed by atoms with Crippen LogP contribution >= 0.6 is 11.8 Å². The molecule has 0 fully saturated rings. The number of rotatable bonds is 8. The Balaban J connectivity index is 1.80. The van der Waals surface area contributed by atoms with Crippen LogP contribution in [0.1, 0.15) is 52.3 Å². The maximum atomic E-state index is 5.79. The van der Waals surface area contributed by atoms with E-state index in [1.807, 2.05) is 24.3 Å². The van der Waals surface area contributed by atoms with Crippen LogP contribution in [0.25, 0.3) is 11.4 Å². The van der Waals surface area contributed by atoms with E-state index in [-0.39, 0.29) is 5.41 Å². The first kappa shape index (κ1) is 20.4. The van der Waals surface area contributed by atoms with Crippen LogP contribution in [0, 0.1) is 0 Å². The van der Waals surface area contributed by atoms with Gasteiger partial charge >= 0.3 is 0 Å². The zero-order chi connectivity index (χ0) is 20.1. The van der Waals surface area contributed by atoms with E-state index in [9.17, 15) is 0 Å². The van der Waals surface area contributed by atoms with Gasteiger partial charge in [0.15, 0.2) is 11.0 Å². The molecule has 0 saturated carbocycles. The van der Waals surface area contributed by atoms with Crippen molar-refractivity contribution in [1.82, 2.24) is 25.0 Å². The van der Waals surface area contributed by atoms with Crippen LogP contribution in [-0.4, -0.2) is 32.1 Å². The first-order chi connectivity index (χ1) is 13.4. The molecule has 0 saturated heterocycles. The summed E-state index contributed by atoms with van der Waals surface area (Å²) < 4.78 is 13.2. The number of aromatic nitrogens is 5. The van der Waals surface area contributed by atoms with Crippen molar-refractivity contribution >= 4 is 11.8 Å². The molecule has 0 radical (unpaired) electrons. The van der Waals surface area contributed by atoms with Gasteiger partial charge in [-0.05, 0) is 30.7 Å². The van der Waals surface area contributed by atoms with E-state index in [2.05, 4.69) is 52.7 Å². The van der Waals surface area contributed by atoms with Crippen LogP contribution in [-0.2, 0) is 17.7 Å². The van der Waals surface area contributed by atoms with Crippen LogP contribution in [0.5, 0.6) is 5.75 Å². The minimum Gasteiger partial charge on any atom is -0.497 e. The smallest absolute Gasteiger partial charge is 0.226 e. The van der Waals surface area contributed by atoms with Gasteiger partial charge in [-0.1, -0.05) is 45.9 Å². The van der Waals surface area contributed by atoms with Crippen molar-refractivity contribution in [2.75, 3.05) is 7.11 Å². The van der Waals surface area contributed by atoms with Crippen LogP contribution in [0.4, 0.5) is 0 Å². The summed E-state index contributed by atoms with van der Waals surface area (Å²) in [7, 11) is 1.66. The Kier molecular flexibility index (Phi) is 6.39. The maximum Gasteiger partial charge on any atom is 0.226 e. The average molecular weight is 402 g/mol. The van der Waals surface area contributed by atoms with Crippen molar-refractivity contribution in [3.63, 3.8) is 0 Å². The summed E-state index contributed by atoms with van der Waals surface area (Å²) in [4.78, 5) is 0. The number of unbranched alkanes of at least 4 members (excludes halogenated alkanes) is 1. The third-order valence-corrected chi connectivity index (χ3v) is 5.19. The molecule has 2 heterocycles. The minimum absolute atomic E-state index is 0.154. The predicted octanol–water partition coefficient (Wildman–Crippen LogP) is 4.73. The molecule has 0 amide bonds. The van der Waals surface area contributed by atoms with Gasteiger partial charge in [-0.2, -0.15) is 0 Å². The Morgan fingerprint density at radius 2 is 1.82 bits per heavy atom. The van der Waals surface area contributed by atoms with Gasteiger partial charge in [-0.15, -0.1) is 20.4 Å². The lowest BCUT2D eigenvalue weighted by atomic mass is 9.97. The molecule has 28 heavy (non-hydrogen) atoms. The molecule has 0 atom stereocenters. The van der Waals surface area contributed by atoms with Crippen molar-refractivity contribution in [1.29, 1.82) is 0 Å². The first-order valence-electron chi connectivity index (χ1n) is 9.45. The molecule has 0 aliphatic rings. The van der Waals surface area contributed by atoms with E-state index in [0.29, 0.717) is 17.5 Å². The number of methoxy groups -OCH3 is 1. The standard InChI is InChI=1S/C20H27N5O2S/c1-6-7-12-25-17(14-8-10-15(26-5)11-9-14)22-24-19(25)28-13-16-21-23-18(27-16)20(2,3)4/h8-11H,6-7,12-13H2,1-5H3. The fraction of sp³-hybridized carbons (Fsp3) is 0.500. The minimum atomic E-state index is -0.154. The molecule has 0 N–H and O–H groups in total. The molecule has 0 unspecified atom stereocenters. The van der Waals surface area contributed by atoms with Crippen molar-refractivity contribution in [2.45, 2.75) is 63.4 Å². The Morgan fingerprint density at radius 1 is 1.07 bits per heavy atom. The van der Waals surface area contributed by atoms with E-state index < -0.39 is 0 Å². The van der Waals surface area contributed by atoms with Gasteiger partial charge in [0.1, 0.15) is 5.75 Å². The fourth-order valence-electron chi connectivity index (χ4n) is 2.61. The van der Waals surface area contributed by atoms with Gasteiger partial charge in [0.25, 0.3) is 0 Å². The number of hydrogen-bond donors (Lipinski definition) is 0. The van der Waals surface area contributed by atoms with Crippen LogP contribution in [0.15, 0.2) is 33.8 Å². The fourth-order valence-corrected chi connectivity index (χ4v) is 3.41. The summed E-state index contributed by atoms with van der Waals surface area (Å²) in [6.45, 7) is 9.21. The highest BCUT2D eigenvalue weighted by Crippen LogP contribution is 2.28. The van der Waals surface area contributed by atoms with Crippen LogP contribution in [0.3, 0.4) is 0 Å². The molecule has 8 heteroatoms. The van der Waals surface area contributed by atoms with E-state index >= 15 is 0 Å². The molecule has 1 aromatic carbocycles. The normalized spacial score (nSPS) is 11.8. The van der Waals surface area contributed by atoms with Gasteiger partial charge in [0.05, 0.1) is 12.9 Å². The van der Waals surface area contributed by atoms with Gasteiger partial charge in [-0.25, -0.2) is 0 Å². The maximum absolute atomic E-state index is 5.79. The summed E-state index contributed by atoms with van der Waals surface area (Å²) in [5.74, 6) is 3.50. The number of hydrogen-bond acceptors (Lipinski definition) is 7. The highest BCUT2D eigenvalue weighted by Gasteiger charge is 2.22. The monoisotopic (exact) mass is 401 g/mol. The Labute approximate surface area is 169 Å². The zero-order valence-electron chi connectivity index (χ0n) is 17.1. The summed E-state index contributed by atoms with van der Waals surface area (Å²) in [6.07, 6.45) is 2.16. The molecule has 150 valence electrons. The second-order valence-corrected chi connectivity index (χ2v) is 8.52. The lowest BCUT2D eigenvalue weighted by Crippen LogP contribution is -2.11. The molecule has 0 aliphatic carbocycles. The predicted molar refractivity (Wildman–Crippen MR) is 109 cm³/mol. The summed E-state index contributed by atoms with van der Waals surface area (Å²) >= 11 is 1.57. The number of thioether (sulfide) groups is 1. The number of benzene rings is 1. The number of ether oxygens (including phenoxy) is 1. The molecule has 0 spiro atoms. The molecule has 2 aromatic heterocycles. The van der Waals surface area contributed by atoms with Crippen molar-refractivity contribution in [2.24, 2.45) is 0 Å². The molecular formula is C20H27N5O2S. The molecule has 3 aromatic rings. The third kappa shape index (κ3) is 4.73. The highest BCUT2D eigenvalue weighted by atomic mass is 32.2. The molecule has 3 rings (SSSR count). The van der Waals surface area contributed by atoms with Crippen LogP contribution in [0.2, 0.25) is 0 Å². The highest BCUT2D eigenvalue weighted by molar-refractivity contribution is 7.98. The van der Waals surface area contributed by atoms with E-state index in [1.165, 1.54) is 0 Å². The second kappa shape index (κ2) is 8.77. The summed E-state index contributed by atoms with van der Waals surface area (Å²) in [6, 6.07) is 7.89. The van der Waals surface area contributed by atoms with Gasteiger partial charge < -0.3 is 13.7 Å². The Morgan fingerprint density at radius 3 is 2.43 bits per heavy atom. The number of nitrogens with zero attached hydrogens (tertiary/aromatic N) is 5. The van der Waals surface area contributed by atoms with E-state index in [1.54, 1.807) is 18.9 Å². The van der Waals surface area contributed by atoms with E-state index in [4.69, 9.17) is 9.15 Å². The lowest BCUT2D eigenvalue weighted by Gasteiger charge is -2.11. The van der Waals surface area contributed by atoms with Crippen molar-refractivity contribution in [3.05, 3.63) is 36.0 Å². The van der Waals surface area contributed by atoms with Crippen molar-refractivity contribution < 1.29 is 9.15 Å². The molecule has 0 aliphatic heterocycles. The zero-order valence-corrected chi connectivity index (χ0v) is 17.9. The third-order valence-electron chi connectivity index (χ3n) is 4.23. The largest absolute Gasteiger partial charge is 0.497 e. The van der Waals surface area contributed by atoms with Gasteiger partial charge in [0.2, 0.25) is 11.8 Å². The molecular weight excluding hydrogens is 374 g/mol. The second-order valence-electron chi connectivity index (χ2n) is 7.58. The van der Waals surface area contributed by atoms with Gasteiger partial charge in [0, 0.05) is 17.5 Å². The topological polar surface area (TPSA) is 78.9 Å². The summed E-state index contributed by atoms with van der Waals surface area (Å²) in [5, 5.41) is 18.0.